The lowest BCUT2D eigenvalue weighted by atomic mass is 10.2. The molecule has 112 valence electrons. The van der Waals surface area contributed by atoms with Crippen LogP contribution in [-0.4, -0.2) is 55.5 Å². The fraction of sp³-hybridized carbons (Fsp3) is 0.571. The third-order valence-corrected chi connectivity index (χ3v) is 5.68. The van der Waals surface area contributed by atoms with Gasteiger partial charge < -0.3 is 10.0 Å². The Morgan fingerprint density at radius 3 is 2.80 bits per heavy atom. The van der Waals surface area contributed by atoms with Crippen molar-refractivity contribution in [1.29, 1.82) is 0 Å². The molecule has 0 aromatic heterocycles. The monoisotopic (exact) mass is 298 g/mol. The standard InChI is InChI=1S/C14H22N2O3S/c1-12-10-15(2)7-4-8-16(12)20(18,19)14-6-3-5-13(9-14)11-17/h3,5-6,9,12,17H,4,7-8,10-11H2,1-2H3. The molecule has 1 fully saturated rings. The first-order valence-corrected chi connectivity index (χ1v) is 8.29. The zero-order chi connectivity index (χ0) is 14.8. The maximum absolute atomic E-state index is 12.8. The molecule has 0 saturated carbocycles. The van der Waals surface area contributed by atoms with Crippen molar-refractivity contribution < 1.29 is 13.5 Å². The van der Waals surface area contributed by atoms with Crippen molar-refractivity contribution in [2.45, 2.75) is 30.9 Å². The lowest BCUT2D eigenvalue weighted by molar-refractivity contribution is 0.281. The summed E-state index contributed by atoms with van der Waals surface area (Å²) in [6.45, 7) is 3.97. The van der Waals surface area contributed by atoms with Crippen LogP contribution in [0.1, 0.15) is 18.9 Å². The highest BCUT2D eigenvalue weighted by Crippen LogP contribution is 2.21. The molecule has 0 amide bonds. The van der Waals surface area contributed by atoms with E-state index in [1.165, 1.54) is 0 Å². The normalized spacial score (nSPS) is 22.6. The minimum Gasteiger partial charge on any atom is -0.392 e. The number of sulfonamides is 1. The zero-order valence-corrected chi connectivity index (χ0v) is 12.8. The molecule has 0 bridgehead atoms. The number of hydrogen-bond donors (Lipinski definition) is 1. The number of rotatable bonds is 3. The molecule has 6 heteroatoms. The van der Waals surface area contributed by atoms with Crippen LogP contribution < -0.4 is 0 Å². The molecule has 1 aromatic rings. The second kappa shape index (κ2) is 6.22. The molecule has 0 radical (unpaired) electrons. The van der Waals surface area contributed by atoms with E-state index in [0.29, 0.717) is 12.1 Å². The van der Waals surface area contributed by atoms with Gasteiger partial charge in [-0.3, -0.25) is 0 Å². The van der Waals surface area contributed by atoms with E-state index in [1.54, 1.807) is 28.6 Å². The van der Waals surface area contributed by atoms with Crippen LogP contribution in [0.2, 0.25) is 0 Å². The van der Waals surface area contributed by atoms with Gasteiger partial charge in [0, 0.05) is 19.1 Å². The van der Waals surface area contributed by atoms with Gasteiger partial charge in [0.2, 0.25) is 10.0 Å². The summed E-state index contributed by atoms with van der Waals surface area (Å²) in [6, 6.07) is 6.49. The molecule has 2 rings (SSSR count). The highest BCUT2D eigenvalue weighted by molar-refractivity contribution is 7.89. The molecule has 1 saturated heterocycles. The Morgan fingerprint density at radius 2 is 2.10 bits per heavy atom. The summed E-state index contributed by atoms with van der Waals surface area (Å²) in [6.07, 6.45) is 0.833. The lowest BCUT2D eigenvalue weighted by Gasteiger charge is -2.27. The predicted molar refractivity (Wildman–Crippen MR) is 77.8 cm³/mol. The van der Waals surface area contributed by atoms with Gasteiger partial charge in [0.1, 0.15) is 0 Å². The zero-order valence-electron chi connectivity index (χ0n) is 12.0. The molecular formula is C14H22N2O3S. The fourth-order valence-electron chi connectivity index (χ4n) is 2.65. The minimum atomic E-state index is -3.50. The summed E-state index contributed by atoms with van der Waals surface area (Å²) in [4.78, 5) is 2.42. The molecule has 1 unspecified atom stereocenters. The molecule has 1 aromatic carbocycles. The summed E-state index contributed by atoms with van der Waals surface area (Å²) >= 11 is 0. The van der Waals surface area contributed by atoms with Crippen molar-refractivity contribution in [3.05, 3.63) is 29.8 Å². The van der Waals surface area contributed by atoms with Gasteiger partial charge in [0.05, 0.1) is 11.5 Å². The maximum Gasteiger partial charge on any atom is 0.243 e. The van der Waals surface area contributed by atoms with Crippen molar-refractivity contribution in [3.8, 4) is 0 Å². The van der Waals surface area contributed by atoms with Crippen LogP contribution in [0.25, 0.3) is 0 Å². The van der Waals surface area contributed by atoms with Crippen LogP contribution in [0.5, 0.6) is 0 Å². The van der Waals surface area contributed by atoms with Gasteiger partial charge in [-0.25, -0.2) is 8.42 Å². The summed E-state index contributed by atoms with van der Waals surface area (Å²) in [5, 5.41) is 9.15. The Labute approximate surface area is 120 Å². The molecule has 5 nitrogen and oxygen atoms in total. The Bertz CT molecular complexity index is 559. The third-order valence-electron chi connectivity index (χ3n) is 3.67. The molecule has 1 atom stereocenters. The molecule has 1 heterocycles. The van der Waals surface area contributed by atoms with Gasteiger partial charge in [-0.2, -0.15) is 4.31 Å². The molecule has 0 spiro atoms. The van der Waals surface area contributed by atoms with Gasteiger partial charge in [-0.1, -0.05) is 12.1 Å². The highest BCUT2D eigenvalue weighted by atomic mass is 32.2. The van der Waals surface area contributed by atoms with E-state index in [-0.39, 0.29) is 17.5 Å². The second-order valence-corrected chi connectivity index (χ2v) is 7.28. The smallest absolute Gasteiger partial charge is 0.243 e. The van der Waals surface area contributed by atoms with Gasteiger partial charge in [0.25, 0.3) is 0 Å². The van der Waals surface area contributed by atoms with Gasteiger partial charge in [-0.05, 0) is 44.6 Å². The van der Waals surface area contributed by atoms with E-state index in [4.69, 9.17) is 5.11 Å². The molecular weight excluding hydrogens is 276 g/mol. The Morgan fingerprint density at radius 1 is 1.35 bits per heavy atom. The van der Waals surface area contributed by atoms with Crippen molar-refractivity contribution in [2.24, 2.45) is 0 Å². The molecule has 1 N–H and O–H groups in total. The first-order chi connectivity index (χ1) is 9.45. The highest BCUT2D eigenvalue weighted by Gasteiger charge is 2.31. The summed E-state index contributed by atoms with van der Waals surface area (Å²) in [5.41, 5.74) is 0.616. The van der Waals surface area contributed by atoms with Crippen molar-refractivity contribution in [2.75, 3.05) is 26.7 Å². The Balaban J connectivity index is 2.33. The van der Waals surface area contributed by atoms with Crippen LogP contribution >= 0.6 is 0 Å². The molecule has 1 aliphatic rings. The van der Waals surface area contributed by atoms with Gasteiger partial charge in [-0.15, -0.1) is 0 Å². The van der Waals surface area contributed by atoms with Crippen molar-refractivity contribution in [1.82, 2.24) is 9.21 Å². The van der Waals surface area contributed by atoms with Crippen molar-refractivity contribution in [3.63, 3.8) is 0 Å². The van der Waals surface area contributed by atoms with E-state index < -0.39 is 10.0 Å². The average molecular weight is 298 g/mol. The van der Waals surface area contributed by atoms with E-state index in [9.17, 15) is 8.42 Å². The number of benzene rings is 1. The van der Waals surface area contributed by atoms with E-state index in [1.807, 2.05) is 14.0 Å². The number of likely N-dealkylation sites (N-methyl/N-ethyl adjacent to an activating group) is 1. The maximum atomic E-state index is 12.8. The summed E-state index contributed by atoms with van der Waals surface area (Å²) in [5.74, 6) is 0. The average Bonchev–Trinajstić information content (AvgIpc) is 2.59. The molecule has 1 aliphatic heterocycles. The Hall–Kier alpha value is -0.950. The van der Waals surface area contributed by atoms with E-state index in [0.717, 1.165) is 19.5 Å². The van der Waals surface area contributed by atoms with Crippen molar-refractivity contribution >= 4 is 10.0 Å². The quantitative estimate of drug-likeness (QED) is 0.900. The first kappa shape index (κ1) is 15.4. The van der Waals surface area contributed by atoms with Crippen LogP contribution in [0.15, 0.2) is 29.2 Å². The lowest BCUT2D eigenvalue weighted by Crippen LogP contribution is -2.41. The summed E-state index contributed by atoms with van der Waals surface area (Å²) in [7, 11) is -1.48. The molecule has 0 aliphatic carbocycles. The fourth-order valence-corrected chi connectivity index (χ4v) is 4.38. The second-order valence-electron chi connectivity index (χ2n) is 5.39. The minimum absolute atomic E-state index is 0.0507. The van der Waals surface area contributed by atoms with Crippen LogP contribution in [0.4, 0.5) is 0 Å². The Kier molecular flexibility index (Phi) is 4.80. The third kappa shape index (κ3) is 3.20. The number of nitrogens with zero attached hydrogens (tertiary/aromatic N) is 2. The van der Waals surface area contributed by atoms with E-state index >= 15 is 0 Å². The van der Waals surface area contributed by atoms with Crippen LogP contribution in [-0.2, 0) is 16.6 Å². The van der Waals surface area contributed by atoms with Gasteiger partial charge >= 0.3 is 0 Å². The van der Waals surface area contributed by atoms with E-state index in [2.05, 4.69) is 4.90 Å². The number of aliphatic hydroxyl groups is 1. The van der Waals surface area contributed by atoms with Gasteiger partial charge in [0.15, 0.2) is 0 Å². The SMILES string of the molecule is CC1CN(C)CCCN1S(=O)(=O)c1cccc(CO)c1. The topological polar surface area (TPSA) is 60.9 Å². The van der Waals surface area contributed by atoms with Crippen LogP contribution in [0, 0.1) is 0 Å². The first-order valence-electron chi connectivity index (χ1n) is 6.85. The predicted octanol–water partition coefficient (Wildman–Crippen LogP) is 0.894. The molecule has 20 heavy (non-hydrogen) atoms. The van der Waals surface area contributed by atoms with Crippen LogP contribution in [0.3, 0.4) is 0 Å². The largest absolute Gasteiger partial charge is 0.392 e. The number of hydrogen-bond acceptors (Lipinski definition) is 4. The summed E-state index contributed by atoms with van der Waals surface area (Å²) < 4.78 is 27.1. The number of aliphatic hydroxyl groups excluding tert-OH is 1.